The second kappa shape index (κ2) is 5.92. The molecule has 0 saturated heterocycles. The molecule has 104 valence electrons. The first-order chi connectivity index (χ1) is 9.47. The Balaban J connectivity index is 2.09. The standard InChI is InChI=1S/C15H14ClFN2O/c1-9-4-3-5-14(10(9)2)19-15(20)18-11-6-7-13(17)12(16)8-11/h3-8H,1-2H3,(H2,18,19,20). The fourth-order valence-electron chi connectivity index (χ4n) is 1.75. The summed E-state index contributed by atoms with van der Waals surface area (Å²) >= 11 is 5.66. The molecular formula is C15H14ClFN2O. The Hall–Kier alpha value is -2.07. The summed E-state index contributed by atoms with van der Waals surface area (Å²) < 4.78 is 13.0. The first-order valence-corrected chi connectivity index (χ1v) is 6.44. The minimum absolute atomic E-state index is 0.0328. The molecule has 0 aliphatic heterocycles. The zero-order valence-corrected chi connectivity index (χ0v) is 11.9. The van der Waals surface area contributed by atoms with E-state index in [9.17, 15) is 9.18 Å². The molecule has 0 spiro atoms. The lowest BCUT2D eigenvalue weighted by molar-refractivity contribution is 0.262. The van der Waals surface area contributed by atoms with E-state index in [1.54, 1.807) is 0 Å². The van der Waals surface area contributed by atoms with E-state index in [0.717, 1.165) is 16.8 Å². The molecule has 0 saturated carbocycles. The molecule has 0 aromatic heterocycles. The van der Waals surface area contributed by atoms with Gasteiger partial charge in [0, 0.05) is 11.4 Å². The first kappa shape index (κ1) is 14.3. The van der Waals surface area contributed by atoms with Gasteiger partial charge in [0.25, 0.3) is 0 Å². The maximum Gasteiger partial charge on any atom is 0.323 e. The number of urea groups is 1. The summed E-state index contributed by atoms with van der Waals surface area (Å²) in [6.45, 7) is 3.90. The number of carbonyl (C=O) groups excluding carboxylic acids is 1. The average Bonchev–Trinajstić information content (AvgIpc) is 2.39. The molecule has 0 bridgehead atoms. The fourth-order valence-corrected chi connectivity index (χ4v) is 1.93. The SMILES string of the molecule is Cc1cccc(NC(=O)Nc2ccc(F)c(Cl)c2)c1C. The summed E-state index contributed by atoms with van der Waals surface area (Å²) in [5, 5.41) is 5.32. The lowest BCUT2D eigenvalue weighted by Crippen LogP contribution is -2.20. The number of anilines is 2. The van der Waals surface area contributed by atoms with Crippen LogP contribution in [0.15, 0.2) is 36.4 Å². The number of hydrogen-bond donors (Lipinski definition) is 2. The van der Waals surface area contributed by atoms with Gasteiger partial charge in [0.15, 0.2) is 0 Å². The minimum atomic E-state index is -0.521. The maximum atomic E-state index is 13.0. The molecule has 0 fully saturated rings. The molecular weight excluding hydrogens is 279 g/mol. The number of nitrogens with one attached hydrogen (secondary N) is 2. The molecule has 2 amide bonds. The van der Waals surface area contributed by atoms with Crippen LogP contribution in [0.5, 0.6) is 0 Å². The van der Waals surface area contributed by atoms with Crippen molar-refractivity contribution < 1.29 is 9.18 Å². The molecule has 2 N–H and O–H groups in total. The summed E-state index contributed by atoms with van der Waals surface area (Å²) in [5.74, 6) is -0.521. The highest BCUT2D eigenvalue weighted by molar-refractivity contribution is 6.31. The molecule has 0 unspecified atom stereocenters. The van der Waals surface area contributed by atoms with Crippen LogP contribution in [0.3, 0.4) is 0 Å². The smallest absolute Gasteiger partial charge is 0.308 e. The quantitative estimate of drug-likeness (QED) is 0.824. The predicted octanol–water partition coefficient (Wildman–Crippen LogP) is 4.74. The number of hydrogen-bond acceptors (Lipinski definition) is 1. The van der Waals surface area contributed by atoms with E-state index in [1.165, 1.54) is 18.2 Å². The third-order valence-electron chi connectivity index (χ3n) is 3.03. The van der Waals surface area contributed by atoms with Gasteiger partial charge >= 0.3 is 6.03 Å². The van der Waals surface area contributed by atoms with Gasteiger partial charge in [-0.05, 0) is 49.2 Å². The third kappa shape index (κ3) is 3.27. The molecule has 0 aliphatic rings. The van der Waals surface area contributed by atoms with E-state index < -0.39 is 11.8 Å². The van der Waals surface area contributed by atoms with E-state index in [4.69, 9.17) is 11.6 Å². The molecule has 5 heteroatoms. The number of amides is 2. The van der Waals surface area contributed by atoms with Gasteiger partial charge in [-0.25, -0.2) is 9.18 Å². The zero-order valence-electron chi connectivity index (χ0n) is 11.1. The van der Waals surface area contributed by atoms with Crippen LogP contribution < -0.4 is 10.6 Å². The Labute approximate surface area is 121 Å². The Kier molecular flexibility index (Phi) is 4.25. The van der Waals surface area contributed by atoms with Gasteiger partial charge in [-0.1, -0.05) is 23.7 Å². The van der Waals surface area contributed by atoms with Crippen LogP contribution in [0, 0.1) is 19.7 Å². The Bertz CT molecular complexity index is 658. The van der Waals surface area contributed by atoms with Crippen molar-refractivity contribution in [2.75, 3.05) is 10.6 Å². The highest BCUT2D eigenvalue weighted by atomic mass is 35.5. The number of carbonyl (C=O) groups is 1. The molecule has 0 heterocycles. The number of benzene rings is 2. The number of halogens is 2. The van der Waals surface area contributed by atoms with E-state index in [-0.39, 0.29) is 5.02 Å². The second-order valence-electron chi connectivity index (χ2n) is 4.46. The zero-order chi connectivity index (χ0) is 14.7. The van der Waals surface area contributed by atoms with Gasteiger partial charge in [-0.2, -0.15) is 0 Å². The minimum Gasteiger partial charge on any atom is -0.308 e. The van der Waals surface area contributed by atoms with Crippen molar-refractivity contribution in [2.45, 2.75) is 13.8 Å². The molecule has 0 atom stereocenters. The van der Waals surface area contributed by atoms with Crippen molar-refractivity contribution in [3.05, 3.63) is 58.4 Å². The maximum absolute atomic E-state index is 13.0. The van der Waals surface area contributed by atoms with Crippen LogP contribution in [0.2, 0.25) is 5.02 Å². The van der Waals surface area contributed by atoms with Gasteiger partial charge in [0.05, 0.1) is 5.02 Å². The van der Waals surface area contributed by atoms with Gasteiger partial charge < -0.3 is 10.6 Å². The van der Waals surface area contributed by atoms with Gasteiger partial charge in [0.2, 0.25) is 0 Å². The molecule has 3 nitrogen and oxygen atoms in total. The highest BCUT2D eigenvalue weighted by Crippen LogP contribution is 2.21. The van der Waals surface area contributed by atoms with Gasteiger partial charge in [-0.15, -0.1) is 0 Å². The number of rotatable bonds is 2. The summed E-state index contributed by atoms with van der Waals surface area (Å²) in [6, 6.07) is 9.27. The molecule has 20 heavy (non-hydrogen) atoms. The van der Waals surface area contributed by atoms with Crippen molar-refractivity contribution in [2.24, 2.45) is 0 Å². The van der Waals surface area contributed by atoms with Crippen LogP contribution >= 0.6 is 11.6 Å². The summed E-state index contributed by atoms with van der Waals surface area (Å²) in [4.78, 5) is 11.9. The van der Waals surface area contributed by atoms with Crippen molar-refractivity contribution in [1.29, 1.82) is 0 Å². The lowest BCUT2D eigenvalue weighted by Gasteiger charge is -2.11. The van der Waals surface area contributed by atoms with Crippen LogP contribution in [0.4, 0.5) is 20.6 Å². The normalized spacial score (nSPS) is 10.2. The highest BCUT2D eigenvalue weighted by Gasteiger charge is 2.07. The molecule has 0 aliphatic carbocycles. The largest absolute Gasteiger partial charge is 0.323 e. The monoisotopic (exact) mass is 292 g/mol. The Morgan fingerprint density at radius 3 is 2.60 bits per heavy atom. The Morgan fingerprint density at radius 1 is 1.15 bits per heavy atom. The van der Waals surface area contributed by atoms with E-state index in [2.05, 4.69) is 10.6 Å². The lowest BCUT2D eigenvalue weighted by atomic mass is 10.1. The first-order valence-electron chi connectivity index (χ1n) is 6.06. The number of aryl methyl sites for hydroxylation is 1. The van der Waals surface area contributed by atoms with Gasteiger partial charge in [0.1, 0.15) is 5.82 Å². The van der Waals surface area contributed by atoms with Crippen molar-refractivity contribution in [3.63, 3.8) is 0 Å². The van der Waals surface area contributed by atoms with Crippen LogP contribution in [-0.2, 0) is 0 Å². The third-order valence-corrected chi connectivity index (χ3v) is 3.32. The summed E-state index contributed by atoms with van der Waals surface area (Å²) in [6.07, 6.45) is 0. The van der Waals surface area contributed by atoms with Crippen LogP contribution in [-0.4, -0.2) is 6.03 Å². The summed E-state index contributed by atoms with van der Waals surface area (Å²) in [5.41, 5.74) is 3.25. The van der Waals surface area contributed by atoms with Crippen LogP contribution in [0.25, 0.3) is 0 Å². The topological polar surface area (TPSA) is 41.1 Å². The van der Waals surface area contributed by atoms with E-state index in [0.29, 0.717) is 5.69 Å². The van der Waals surface area contributed by atoms with E-state index >= 15 is 0 Å². The molecule has 2 aromatic rings. The van der Waals surface area contributed by atoms with E-state index in [1.807, 2.05) is 32.0 Å². The second-order valence-corrected chi connectivity index (χ2v) is 4.86. The van der Waals surface area contributed by atoms with Crippen molar-refractivity contribution >= 4 is 29.0 Å². The average molecular weight is 293 g/mol. The fraction of sp³-hybridized carbons (Fsp3) is 0.133. The summed E-state index contributed by atoms with van der Waals surface area (Å²) in [7, 11) is 0. The Morgan fingerprint density at radius 2 is 1.90 bits per heavy atom. The predicted molar refractivity (Wildman–Crippen MR) is 80.0 cm³/mol. The molecule has 0 radical (unpaired) electrons. The van der Waals surface area contributed by atoms with Crippen LogP contribution in [0.1, 0.15) is 11.1 Å². The van der Waals surface area contributed by atoms with Gasteiger partial charge in [-0.3, -0.25) is 0 Å². The molecule has 2 aromatic carbocycles. The molecule has 2 rings (SSSR count). The van der Waals surface area contributed by atoms with Crippen molar-refractivity contribution in [3.8, 4) is 0 Å². The van der Waals surface area contributed by atoms with Crippen molar-refractivity contribution in [1.82, 2.24) is 0 Å².